The van der Waals surface area contributed by atoms with Gasteiger partial charge in [-0.3, -0.25) is 10.1 Å². The number of halogens is 2. The van der Waals surface area contributed by atoms with Crippen LogP contribution in [0.3, 0.4) is 0 Å². The molecule has 0 radical (unpaired) electrons. The van der Waals surface area contributed by atoms with Crippen molar-refractivity contribution in [3.05, 3.63) is 38.1 Å². The Morgan fingerprint density at radius 3 is 2.62 bits per heavy atom. The molecule has 1 aromatic carbocycles. The second kappa shape index (κ2) is 7.29. The van der Waals surface area contributed by atoms with E-state index in [1.165, 1.54) is 12.1 Å². The van der Waals surface area contributed by atoms with E-state index in [0.717, 1.165) is 39.1 Å². The smallest absolute Gasteiger partial charge is 0.283 e. The van der Waals surface area contributed by atoms with Gasteiger partial charge in [0.2, 0.25) is 0 Å². The van der Waals surface area contributed by atoms with Crippen LogP contribution in [0.4, 0.5) is 10.1 Å². The fourth-order valence-electron chi connectivity index (χ4n) is 2.48. The molecule has 1 aromatic rings. The molecular weight excluding hydrogens is 341 g/mol. The van der Waals surface area contributed by atoms with Crippen LogP contribution in [0.25, 0.3) is 0 Å². The molecule has 5 nitrogen and oxygen atoms in total. The maximum absolute atomic E-state index is 13.8. The topological polar surface area (TPSA) is 49.6 Å². The summed E-state index contributed by atoms with van der Waals surface area (Å²) >= 11 is 3.02. The van der Waals surface area contributed by atoms with E-state index in [0.29, 0.717) is 12.0 Å². The van der Waals surface area contributed by atoms with Crippen LogP contribution in [0, 0.1) is 15.9 Å². The predicted molar refractivity (Wildman–Crippen MR) is 83.0 cm³/mol. The Bertz CT molecular complexity index is 519. The fourth-order valence-corrected chi connectivity index (χ4v) is 2.94. The van der Waals surface area contributed by atoms with Gasteiger partial charge in [-0.25, -0.2) is 4.39 Å². The molecule has 0 aliphatic carbocycles. The van der Waals surface area contributed by atoms with Gasteiger partial charge >= 0.3 is 0 Å². The first-order valence-corrected chi connectivity index (χ1v) is 7.80. The third kappa shape index (κ3) is 4.46. The van der Waals surface area contributed by atoms with E-state index >= 15 is 0 Å². The third-order valence-electron chi connectivity index (χ3n) is 3.83. The summed E-state index contributed by atoms with van der Waals surface area (Å²) in [7, 11) is 2.10. The third-order valence-corrected chi connectivity index (χ3v) is 4.46. The maximum Gasteiger partial charge on any atom is 0.283 e. The van der Waals surface area contributed by atoms with Crippen molar-refractivity contribution in [3.63, 3.8) is 0 Å². The van der Waals surface area contributed by atoms with Gasteiger partial charge in [-0.2, -0.15) is 0 Å². The van der Waals surface area contributed by atoms with Gasteiger partial charge < -0.3 is 9.80 Å². The molecule has 0 unspecified atom stereocenters. The highest BCUT2D eigenvalue weighted by molar-refractivity contribution is 9.10. The molecule has 7 heteroatoms. The van der Waals surface area contributed by atoms with E-state index in [4.69, 9.17) is 0 Å². The molecule has 1 aliphatic heterocycles. The minimum Gasteiger partial charge on any atom is -0.304 e. The lowest BCUT2D eigenvalue weighted by atomic mass is 10.1. The van der Waals surface area contributed by atoms with Crippen molar-refractivity contribution in [1.29, 1.82) is 0 Å². The first-order chi connectivity index (χ1) is 9.97. The van der Waals surface area contributed by atoms with Crippen molar-refractivity contribution in [2.24, 2.45) is 0 Å². The van der Waals surface area contributed by atoms with E-state index < -0.39 is 4.92 Å². The Morgan fingerprint density at radius 1 is 1.33 bits per heavy atom. The zero-order chi connectivity index (χ0) is 15.4. The van der Waals surface area contributed by atoms with Crippen LogP contribution >= 0.6 is 15.9 Å². The second-order valence-corrected chi connectivity index (χ2v) is 6.25. The highest BCUT2D eigenvalue weighted by atomic mass is 79.9. The molecule has 2 rings (SSSR count). The summed E-state index contributed by atoms with van der Waals surface area (Å²) in [6.45, 7) is 5.06. The van der Waals surface area contributed by atoms with Crippen molar-refractivity contribution in [2.45, 2.75) is 12.8 Å². The molecule has 1 saturated heterocycles. The van der Waals surface area contributed by atoms with Gasteiger partial charge in [-0.15, -0.1) is 0 Å². The number of nitro benzene ring substituents is 1. The predicted octanol–water partition coefficient (Wildman–Crippen LogP) is 2.68. The number of hydrogen-bond donors (Lipinski definition) is 0. The van der Waals surface area contributed by atoms with E-state index in [1.54, 1.807) is 0 Å². The van der Waals surface area contributed by atoms with Gasteiger partial charge in [0, 0.05) is 32.2 Å². The highest BCUT2D eigenvalue weighted by Gasteiger charge is 2.17. The number of nitrogens with zero attached hydrogens (tertiary/aromatic N) is 3. The number of benzene rings is 1. The summed E-state index contributed by atoms with van der Waals surface area (Å²) in [6, 6.07) is 2.52. The van der Waals surface area contributed by atoms with Gasteiger partial charge in [0.25, 0.3) is 5.69 Å². The second-order valence-electron chi connectivity index (χ2n) is 5.40. The lowest BCUT2D eigenvalue weighted by molar-refractivity contribution is -0.385. The molecule has 1 heterocycles. The molecule has 0 N–H and O–H groups in total. The van der Waals surface area contributed by atoms with Crippen LogP contribution in [-0.4, -0.2) is 54.5 Å². The Balaban J connectivity index is 1.91. The van der Waals surface area contributed by atoms with Gasteiger partial charge in [0.15, 0.2) is 0 Å². The summed E-state index contributed by atoms with van der Waals surface area (Å²) < 4.78 is 14.0. The Morgan fingerprint density at radius 2 is 2.00 bits per heavy atom. The number of rotatable bonds is 5. The Kier molecular flexibility index (Phi) is 5.66. The van der Waals surface area contributed by atoms with Crippen molar-refractivity contribution in [3.8, 4) is 0 Å². The summed E-state index contributed by atoms with van der Waals surface area (Å²) in [6.07, 6.45) is 1.33. The van der Waals surface area contributed by atoms with Gasteiger partial charge in [0.1, 0.15) is 5.82 Å². The van der Waals surface area contributed by atoms with Crippen LogP contribution in [0.2, 0.25) is 0 Å². The zero-order valence-corrected chi connectivity index (χ0v) is 13.6. The van der Waals surface area contributed by atoms with Crippen molar-refractivity contribution >= 4 is 21.6 Å². The SMILES string of the molecule is CN1CCN(CCCc2cc([N+](=O)[O-])c(Br)cc2F)CC1. The first-order valence-electron chi connectivity index (χ1n) is 7.00. The lowest BCUT2D eigenvalue weighted by Crippen LogP contribution is -2.44. The van der Waals surface area contributed by atoms with Gasteiger partial charge in [0.05, 0.1) is 9.40 Å². The van der Waals surface area contributed by atoms with Crippen molar-refractivity contribution in [1.82, 2.24) is 9.80 Å². The van der Waals surface area contributed by atoms with Crippen LogP contribution in [0.1, 0.15) is 12.0 Å². The molecule has 1 aliphatic rings. The van der Waals surface area contributed by atoms with Gasteiger partial charge in [-0.1, -0.05) is 0 Å². The average Bonchev–Trinajstić information content (AvgIpc) is 2.43. The quantitative estimate of drug-likeness (QED) is 0.599. The molecule has 0 aromatic heterocycles. The molecule has 116 valence electrons. The minimum absolute atomic E-state index is 0.0778. The van der Waals surface area contributed by atoms with Crippen LogP contribution in [0.15, 0.2) is 16.6 Å². The van der Waals surface area contributed by atoms with E-state index in [9.17, 15) is 14.5 Å². The zero-order valence-electron chi connectivity index (χ0n) is 12.0. The standard InChI is InChI=1S/C14H19BrFN3O2/c1-17-5-7-18(8-6-17)4-2-3-11-9-14(19(20)21)12(15)10-13(11)16/h9-10H,2-8H2,1H3. The minimum atomic E-state index is -0.493. The fraction of sp³-hybridized carbons (Fsp3) is 0.571. The first kappa shape index (κ1) is 16.3. The Labute approximate surface area is 132 Å². The summed E-state index contributed by atoms with van der Waals surface area (Å²) in [5.74, 6) is -0.383. The number of likely N-dealkylation sites (N-methyl/N-ethyl adjacent to an activating group) is 1. The van der Waals surface area contributed by atoms with E-state index in [2.05, 4.69) is 32.8 Å². The van der Waals surface area contributed by atoms with Crippen LogP contribution < -0.4 is 0 Å². The normalized spacial score (nSPS) is 17.1. The largest absolute Gasteiger partial charge is 0.304 e. The van der Waals surface area contributed by atoms with Crippen molar-refractivity contribution in [2.75, 3.05) is 39.8 Å². The summed E-state index contributed by atoms with van der Waals surface area (Å²) in [5, 5.41) is 10.9. The molecule has 0 atom stereocenters. The maximum atomic E-state index is 13.8. The monoisotopic (exact) mass is 359 g/mol. The average molecular weight is 360 g/mol. The van der Waals surface area contributed by atoms with Crippen molar-refractivity contribution < 1.29 is 9.31 Å². The number of aryl methyl sites for hydroxylation is 1. The number of nitro groups is 1. The van der Waals surface area contributed by atoms with Crippen LogP contribution in [0.5, 0.6) is 0 Å². The van der Waals surface area contributed by atoms with Gasteiger partial charge in [-0.05, 0) is 54.0 Å². The molecule has 0 bridgehead atoms. The summed E-state index contributed by atoms with van der Waals surface area (Å²) in [5.41, 5.74) is 0.338. The lowest BCUT2D eigenvalue weighted by Gasteiger charge is -2.32. The molecular formula is C14H19BrFN3O2. The molecule has 1 fully saturated rings. The van der Waals surface area contributed by atoms with Crippen LogP contribution in [-0.2, 0) is 6.42 Å². The molecule has 0 spiro atoms. The number of hydrogen-bond acceptors (Lipinski definition) is 4. The summed E-state index contributed by atoms with van der Waals surface area (Å²) in [4.78, 5) is 15.0. The molecule has 21 heavy (non-hydrogen) atoms. The number of piperazine rings is 1. The Hall–Kier alpha value is -1.05. The molecule has 0 saturated carbocycles. The van der Waals surface area contributed by atoms with E-state index in [1.807, 2.05) is 0 Å². The highest BCUT2D eigenvalue weighted by Crippen LogP contribution is 2.28. The molecule has 0 amide bonds. The van der Waals surface area contributed by atoms with E-state index in [-0.39, 0.29) is 16.0 Å².